The molecule has 7 aromatic rings. The fraction of sp³-hybridized carbons (Fsp3) is 0. The van der Waals surface area contributed by atoms with Gasteiger partial charge in [-0.15, -0.1) is 0 Å². The first kappa shape index (κ1) is 22.6. The second-order valence-corrected chi connectivity index (χ2v) is 9.16. The van der Waals surface area contributed by atoms with Crippen molar-refractivity contribution in [1.82, 2.24) is 35.1 Å². The minimum atomic E-state index is 0.703. The van der Waals surface area contributed by atoms with Crippen LogP contribution >= 0.6 is 0 Å². The maximum atomic E-state index is 4.64. The SMILES string of the molecule is C=C(Nc1cncc(-c2cnc3[nH]nc(-c4cc5c(-c6ccncc6)ccnc5[nH]4)c3c2)c1)c1ccccc1. The van der Waals surface area contributed by atoms with E-state index in [1.807, 2.05) is 67.0 Å². The van der Waals surface area contributed by atoms with Crippen LogP contribution in [0.15, 0.2) is 110 Å². The fourth-order valence-electron chi connectivity index (χ4n) is 4.76. The van der Waals surface area contributed by atoms with Crippen LogP contribution in [0.5, 0.6) is 0 Å². The fourth-order valence-corrected chi connectivity index (χ4v) is 4.76. The number of hydrogen-bond acceptors (Lipinski definition) is 6. The number of fused-ring (bicyclic) bond motifs is 2. The Morgan fingerprint density at radius 1 is 0.718 bits per heavy atom. The smallest absolute Gasteiger partial charge is 0.155 e. The molecule has 0 aliphatic heterocycles. The molecule has 39 heavy (non-hydrogen) atoms. The van der Waals surface area contributed by atoms with E-state index < -0.39 is 0 Å². The summed E-state index contributed by atoms with van der Waals surface area (Å²) in [5.41, 5.74) is 9.82. The number of hydrogen-bond donors (Lipinski definition) is 3. The van der Waals surface area contributed by atoms with E-state index in [1.165, 1.54) is 0 Å². The van der Waals surface area contributed by atoms with E-state index in [0.717, 1.165) is 67.0 Å². The molecule has 0 saturated heterocycles. The zero-order chi connectivity index (χ0) is 26.2. The molecule has 0 bridgehead atoms. The summed E-state index contributed by atoms with van der Waals surface area (Å²) in [5, 5.41) is 12.9. The maximum Gasteiger partial charge on any atom is 0.155 e. The van der Waals surface area contributed by atoms with Gasteiger partial charge < -0.3 is 10.3 Å². The van der Waals surface area contributed by atoms with Gasteiger partial charge in [-0.25, -0.2) is 9.97 Å². The third kappa shape index (κ3) is 4.19. The van der Waals surface area contributed by atoms with Crippen LogP contribution in [0.2, 0.25) is 0 Å². The minimum Gasteiger partial charge on any atom is -0.354 e. The lowest BCUT2D eigenvalue weighted by Gasteiger charge is -2.11. The van der Waals surface area contributed by atoms with Crippen LogP contribution in [-0.2, 0) is 0 Å². The molecule has 7 rings (SSSR count). The Morgan fingerprint density at radius 2 is 1.56 bits per heavy atom. The first-order valence-corrected chi connectivity index (χ1v) is 12.4. The number of H-pyrrole nitrogens is 2. The Morgan fingerprint density at radius 3 is 2.44 bits per heavy atom. The van der Waals surface area contributed by atoms with Crippen molar-refractivity contribution >= 4 is 33.5 Å². The van der Waals surface area contributed by atoms with Gasteiger partial charge in [-0.1, -0.05) is 36.9 Å². The molecule has 0 aliphatic rings. The van der Waals surface area contributed by atoms with Crippen LogP contribution in [0.3, 0.4) is 0 Å². The van der Waals surface area contributed by atoms with E-state index in [2.05, 4.69) is 59.1 Å². The Labute approximate surface area is 223 Å². The van der Waals surface area contributed by atoms with Crippen LogP contribution < -0.4 is 5.32 Å². The van der Waals surface area contributed by atoms with Gasteiger partial charge in [-0.2, -0.15) is 5.10 Å². The van der Waals surface area contributed by atoms with Crippen molar-refractivity contribution in [2.75, 3.05) is 5.32 Å². The van der Waals surface area contributed by atoms with Crippen molar-refractivity contribution in [2.45, 2.75) is 0 Å². The van der Waals surface area contributed by atoms with Gasteiger partial charge in [0.25, 0.3) is 0 Å². The predicted molar refractivity (Wildman–Crippen MR) is 155 cm³/mol. The second-order valence-electron chi connectivity index (χ2n) is 9.16. The number of pyridine rings is 4. The van der Waals surface area contributed by atoms with E-state index in [-0.39, 0.29) is 0 Å². The van der Waals surface area contributed by atoms with Gasteiger partial charge in [-0.05, 0) is 53.1 Å². The van der Waals surface area contributed by atoms with E-state index >= 15 is 0 Å². The summed E-state index contributed by atoms with van der Waals surface area (Å²) in [6, 6.07) is 22.2. The highest BCUT2D eigenvalue weighted by Crippen LogP contribution is 2.34. The molecule has 8 heteroatoms. The van der Waals surface area contributed by atoms with Gasteiger partial charge in [0, 0.05) is 58.6 Å². The van der Waals surface area contributed by atoms with Crippen LogP contribution in [0.4, 0.5) is 5.69 Å². The lowest BCUT2D eigenvalue weighted by atomic mass is 10.0. The largest absolute Gasteiger partial charge is 0.354 e. The third-order valence-corrected chi connectivity index (χ3v) is 6.68. The molecule has 0 amide bonds. The molecule has 0 saturated carbocycles. The molecule has 3 N–H and O–H groups in total. The molecule has 0 atom stereocenters. The summed E-state index contributed by atoms with van der Waals surface area (Å²) in [5.74, 6) is 0. The van der Waals surface area contributed by atoms with Crippen molar-refractivity contribution in [3.8, 4) is 33.6 Å². The van der Waals surface area contributed by atoms with Gasteiger partial charge >= 0.3 is 0 Å². The van der Waals surface area contributed by atoms with Crippen LogP contribution in [0, 0.1) is 0 Å². The van der Waals surface area contributed by atoms with E-state index in [9.17, 15) is 0 Å². The zero-order valence-electron chi connectivity index (χ0n) is 20.8. The Kier molecular flexibility index (Phi) is 5.41. The maximum absolute atomic E-state index is 4.64. The van der Waals surface area contributed by atoms with Crippen molar-refractivity contribution in [3.63, 3.8) is 0 Å². The number of anilines is 1. The molecule has 186 valence electrons. The molecule has 0 radical (unpaired) electrons. The minimum absolute atomic E-state index is 0.703. The predicted octanol–water partition coefficient (Wildman–Crippen LogP) is 6.71. The molecule has 0 fully saturated rings. The first-order valence-electron chi connectivity index (χ1n) is 12.4. The first-order chi connectivity index (χ1) is 19.2. The lowest BCUT2D eigenvalue weighted by Crippen LogP contribution is -1.98. The van der Waals surface area contributed by atoms with Gasteiger partial charge in [0.05, 0.1) is 17.6 Å². The normalized spacial score (nSPS) is 11.2. The molecule has 1 aromatic carbocycles. The van der Waals surface area contributed by atoms with Gasteiger partial charge in [0.2, 0.25) is 0 Å². The monoisotopic (exact) mass is 506 g/mol. The van der Waals surface area contributed by atoms with Crippen LogP contribution in [0.1, 0.15) is 5.56 Å². The summed E-state index contributed by atoms with van der Waals surface area (Å²) in [7, 11) is 0. The number of benzene rings is 1. The Balaban J connectivity index is 1.25. The highest BCUT2D eigenvalue weighted by atomic mass is 15.2. The van der Waals surface area contributed by atoms with Gasteiger partial charge in [0.15, 0.2) is 5.65 Å². The second kappa shape index (κ2) is 9.35. The van der Waals surface area contributed by atoms with Gasteiger partial charge in [0.1, 0.15) is 11.3 Å². The summed E-state index contributed by atoms with van der Waals surface area (Å²) in [6.07, 6.45) is 10.8. The number of nitrogens with zero attached hydrogens (tertiary/aromatic N) is 5. The van der Waals surface area contributed by atoms with E-state index in [0.29, 0.717) is 5.65 Å². The highest BCUT2D eigenvalue weighted by molar-refractivity contribution is 5.99. The molecule has 0 unspecified atom stereocenters. The Hall–Kier alpha value is -5.63. The highest BCUT2D eigenvalue weighted by Gasteiger charge is 2.16. The van der Waals surface area contributed by atoms with Crippen LogP contribution in [-0.4, -0.2) is 35.1 Å². The van der Waals surface area contributed by atoms with Crippen molar-refractivity contribution in [3.05, 3.63) is 116 Å². The summed E-state index contributed by atoms with van der Waals surface area (Å²) < 4.78 is 0. The number of aromatic nitrogens is 7. The standard InChI is InChI=1S/C31H22N8/c1-19(20-5-3-2-4-6-20)36-24-13-22(16-33-18-24)23-14-27-29(38-39-31(27)35-17-23)28-15-26-25(9-12-34-30(26)37-28)21-7-10-32-11-8-21/h2-18,36H,1H2,(H,34,37)(H,35,38,39). The molecule has 6 heterocycles. The van der Waals surface area contributed by atoms with Crippen molar-refractivity contribution < 1.29 is 0 Å². The summed E-state index contributed by atoms with van der Waals surface area (Å²) in [6.45, 7) is 4.17. The molecule has 0 spiro atoms. The number of rotatable bonds is 6. The quantitative estimate of drug-likeness (QED) is 0.231. The number of aromatic amines is 2. The summed E-state index contributed by atoms with van der Waals surface area (Å²) >= 11 is 0. The average molecular weight is 507 g/mol. The molecule has 0 aliphatic carbocycles. The topological polar surface area (TPSA) is 108 Å². The van der Waals surface area contributed by atoms with Crippen molar-refractivity contribution in [1.29, 1.82) is 0 Å². The van der Waals surface area contributed by atoms with Crippen LogP contribution in [0.25, 0.3) is 61.4 Å². The zero-order valence-corrected chi connectivity index (χ0v) is 20.8. The molecular formula is C31H22N8. The third-order valence-electron chi connectivity index (χ3n) is 6.68. The van der Waals surface area contributed by atoms with E-state index in [4.69, 9.17) is 0 Å². The molecule has 8 nitrogen and oxygen atoms in total. The van der Waals surface area contributed by atoms with E-state index in [1.54, 1.807) is 24.8 Å². The van der Waals surface area contributed by atoms with Gasteiger partial charge in [-0.3, -0.25) is 15.1 Å². The number of nitrogens with one attached hydrogen (secondary N) is 3. The molecule has 6 aromatic heterocycles. The van der Waals surface area contributed by atoms with Crippen molar-refractivity contribution in [2.24, 2.45) is 0 Å². The average Bonchev–Trinajstić information content (AvgIpc) is 3.62. The summed E-state index contributed by atoms with van der Waals surface area (Å²) in [4.78, 5) is 21.2. The molecular weight excluding hydrogens is 484 g/mol. The Bertz CT molecular complexity index is 1960. The lowest BCUT2D eigenvalue weighted by molar-refractivity contribution is 1.10.